The first-order valence-electron chi connectivity index (χ1n) is 15.4. The van der Waals surface area contributed by atoms with Crippen LogP contribution in [0, 0.1) is 11.3 Å². The van der Waals surface area contributed by atoms with Gasteiger partial charge in [0, 0.05) is 44.7 Å². The Bertz CT molecular complexity index is 2720. The highest BCUT2D eigenvalue weighted by Crippen LogP contribution is 2.46. The van der Waals surface area contributed by atoms with Gasteiger partial charge in [-0.25, -0.2) is 0 Å². The molecule has 0 aliphatic rings. The Labute approximate surface area is 261 Å². The highest BCUT2D eigenvalue weighted by atomic mass is 15.0. The van der Waals surface area contributed by atoms with Crippen molar-refractivity contribution in [3.05, 3.63) is 133 Å². The van der Waals surface area contributed by atoms with Gasteiger partial charge in [-0.3, -0.25) is 9.97 Å². The zero-order valence-electron chi connectivity index (χ0n) is 24.4. The third kappa shape index (κ3) is 2.72. The van der Waals surface area contributed by atoms with Crippen LogP contribution in [0.4, 0.5) is 0 Å². The van der Waals surface area contributed by atoms with Gasteiger partial charge < -0.3 is 9.13 Å². The van der Waals surface area contributed by atoms with Gasteiger partial charge in [-0.1, -0.05) is 78.9 Å². The first-order valence-corrected chi connectivity index (χ1v) is 15.4. The summed E-state index contributed by atoms with van der Waals surface area (Å²) >= 11 is 0. The van der Waals surface area contributed by atoms with Crippen LogP contribution in [0.25, 0.3) is 98.1 Å². The molecular formula is C41H21N5. The number of hydrogen-bond donors (Lipinski definition) is 0. The Morgan fingerprint density at radius 1 is 0.391 bits per heavy atom. The standard InChI is InChI=1S/C41H21N5/c42-18-29-32(45-34-16-5-12-27-23-8-1-2-9-24(23)28-13-6-17-35(45)39(28)38(27)34)14-7-15-33(29)46-36-21-43-19-30-25-10-3-4-11-26(25)31-20-44-22-37(46)41(31)40(30)36/h1-17,19-22H. The molecule has 7 aromatic carbocycles. The van der Waals surface area contributed by atoms with E-state index in [1.54, 1.807) is 0 Å². The summed E-state index contributed by atoms with van der Waals surface area (Å²) in [5, 5.41) is 25.2. The first-order chi connectivity index (χ1) is 22.8. The maximum Gasteiger partial charge on any atom is 0.104 e. The predicted octanol–water partition coefficient (Wildman–Crippen LogP) is 10.0. The van der Waals surface area contributed by atoms with Crippen molar-refractivity contribution in [2.24, 2.45) is 0 Å². The fourth-order valence-electron chi connectivity index (χ4n) is 8.30. The van der Waals surface area contributed by atoms with Gasteiger partial charge in [0.1, 0.15) is 11.6 Å². The van der Waals surface area contributed by atoms with Crippen LogP contribution in [0.5, 0.6) is 0 Å². The molecule has 0 bridgehead atoms. The van der Waals surface area contributed by atoms with Crippen molar-refractivity contribution in [1.29, 1.82) is 5.26 Å². The zero-order valence-corrected chi connectivity index (χ0v) is 24.4. The molecule has 210 valence electrons. The second-order valence-corrected chi connectivity index (χ2v) is 12.1. The van der Waals surface area contributed by atoms with E-state index < -0.39 is 0 Å². The normalized spacial score (nSPS) is 12.3. The molecule has 0 radical (unpaired) electrons. The van der Waals surface area contributed by atoms with Crippen molar-refractivity contribution in [2.75, 3.05) is 0 Å². The van der Waals surface area contributed by atoms with E-state index in [0.717, 1.165) is 65.8 Å². The van der Waals surface area contributed by atoms with Gasteiger partial charge in [-0.2, -0.15) is 5.26 Å². The quantitative estimate of drug-likeness (QED) is 0.190. The Kier molecular flexibility index (Phi) is 4.34. The monoisotopic (exact) mass is 583 g/mol. The number of fused-ring (bicyclic) bond motifs is 6. The number of aromatic nitrogens is 4. The summed E-state index contributed by atoms with van der Waals surface area (Å²) in [4.78, 5) is 9.44. The highest BCUT2D eigenvalue weighted by molar-refractivity contribution is 6.35. The van der Waals surface area contributed by atoms with Crippen molar-refractivity contribution in [3.8, 4) is 17.4 Å². The lowest BCUT2D eigenvalue weighted by Gasteiger charge is -2.15. The van der Waals surface area contributed by atoms with Crippen LogP contribution in [-0.2, 0) is 0 Å². The first kappa shape index (κ1) is 23.9. The molecule has 0 saturated heterocycles. The van der Waals surface area contributed by atoms with E-state index in [4.69, 9.17) is 9.97 Å². The zero-order chi connectivity index (χ0) is 30.1. The summed E-state index contributed by atoms with van der Waals surface area (Å²) < 4.78 is 4.46. The SMILES string of the molecule is N#Cc1c(-n2c3cccc4c5ccccc5c5cccc2c5c43)cccc1-n1c2cncc3c4ccccc4c4cncc1c4c32. The lowest BCUT2D eigenvalue weighted by Crippen LogP contribution is -2.04. The highest BCUT2D eigenvalue weighted by Gasteiger charge is 2.25. The Hall–Kier alpha value is -6.51. The van der Waals surface area contributed by atoms with E-state index in [9.17, 15) is 5.26 Å². The van der Waals surface area contributed by atoms with E-state index in [-0.39, 0.29) is 0 Å². The van der Waals surface area contributed by atoms with Crippen molar-refractivity contribution in [3.63, 3.8) is 0 Å². The van der Waals surface area contributed by atoms with Gasteiger partial charge in [0.25, 0.3) is 0 Å². The van der Waals surface area contributed by atoms with Gasteiger partial charge in [0.05, 0.1) is 45.8 Å². The average molecular weight is 584 g/mol. The second-order valence-electron chi connectivity index (χ2n) is 12.1. The molecular weight excluding hydrogens is 562 g/mol. The number of rotatable bonds is 2. The summed E-state index contributed by atoms with van der Waals surface area (Å²) in [5.41, 5.74) is 6.36. The number of pyridine rings is 2. The minimum atomic E-state index is 0.597. The van der Waals surface area contributed by atoms with Crippen LogP contribution in [-0.4, -0.2) is 19.1 Å². The van der Waals surface area contributed by atoms with Crippen LogP contribution in [0.15, 0.2) is 128 Å². The molecule has 0 saturated carbocycles. The summed E-state index contributed by atoms with van der Waals surface area (Å²) in [6, 6.07) is 39.0. The Morgan fingerprint density at radius 2 is 0.783 bits per heavy atom. The molecule has 0 fully saturated rings. The largest absolute Gasteiger partial charge is 0.308 e. The van der Waals surface area contributed by atoms with Crippen molar-refractivity contribution < 1.29 is 0 Å². The maximum absolute atomic E-state index is 11.0. The smallest absolute Gasteiger partial charge is 0.104 e. The molecule has 11 rings (SSSR count). The van der Waals surface area contributed by atoms with Crippen LogP contribution in [0.3, 0.4) is 0 Å². The molecule has 4 heterocycles. The summed E-state index contributed by atoms with van der Waals surface area (Å²) in [7, 11) is 0. The average Bonchev–Trinajstić information content (AvgIpc) is 3.64. The maximum atomic E-state index is 11.0. The molecule has 0 amide bonds. The summed E-state index contributed by atoms with van der Waals surface area (Å²) in [5.74, 6) is 0. The molecule has 0 aliphatic carbocycles. The molecule has 46 heavy (non-hydrogen) atoms. The van der Waals surface area contributed by atoms with Crippen LogP contribution in [0.1, 0.15) is 5.56 Å². The van der Waals surface area contributed by atoms with E-state index >= 15 is 0 Å². The minimum Gasteiger partial charge on any atom is -0.308 e. The fourth-order valence-corrected chi connectivity index (χ4v) is 8.30. The van der Waals surface area contributed by atoms with Crippen molar-refractivity contribution >= 4 is 86.7 Å². The molecule has 5 heteroatoms. The molecule has 4 aromatic heterocycles. The van der Waals surface area contributed by atoms with Gasteiger partial charge in [-0.15, -0.1) is 0 Å². The molecule has 0 aliphatic heterocycles. The van der Waals surface area contributed by atoms with Gasteiger partial charge in [-0.05, 0) is 56.6 Å². The fraction of sp³-hybridized carbons (Fsp3) is 0. The molecule has 0 atom stereocenters. The third-order valence-corrected chi connectivity index (χ3v) is 10.0. The van der Waals surface area contributed by atoms with Crippen molar-refractivity contribution in [2.45, 2.75) is 0 Å². The topological polar surface area (TPSA) is 59.4 Å². The number of benzene rings is 7. The number of nitriles is 1. The lowest BCUT2D eigenvalue weighted by molar-refractivity contribution is 1.11. The van der Waals surface area contributed by atoms with Gasteiger partial charge >= 0.3 is 0 Å². The molecule has 11 aromatic rings. The Morgan fingerprint density at radius 3 is 1.26 bits per heavy atom. The van der Waals surface area contributed by atoms with Gasteiger partial charge in [0.2, 0.25) is 0 Å². The molecule has 5 nitrogen and oxygen atoms in total. The minimum absolute atomic E-state index is 0.597. The van der Waals surface area contributed by atoms with Gasteiger partial charge in [0.15, 0.2) is 0 Å². The van der Waals surface area contributed by atoms with Crippen LogP contribution < -0.4 is 0 Å². The van der Waals surface area contributed by atoms with E-state index in [1.165, 1.54) is 32.3 Å². The number of nitrogens with zero attached hydrogens (tertiary/aromatic N) is 5. The molecule has 0 N–H and O–H groups in total. The van der Waals surface area contributed by atoms with E-state index in [1.807, 2.05) is 30.9 Å². The van der Waals surface area contributed by atoms with Crippen LogP contribution >= 0.6 is 0 Å². The second kappa shape index (κ2) is 8.35. The van der Waals surface area contributed by atoms with Crippen molar-refractivity contribution in [1.82, 2.24) is 19.1 Å². The summed E-state index contributed by atoms with van der Waals surface area (Å²) in [6.45, 7) is 0. The summed E-state index contributed by atoms with van der Waals surface area (Å²) in [6.07, 6.45) is 7.76. The Balaban J connectivity index is 1.30. The van der Waals surface area contributed by atoms with Crippen LogP contribution in [0.2, 0.25) is 0 Å². The van der Waals surface area contributed by atoms with E-state index in [0.29, 0.717) is 5.56 Å². The predicted molar refractivity (Wildman–Crippen MR) is 188 cm³/mol. The third-order valence-electron chi connectivity index (χ3n) is 10.0. The molecule has 0 spiro atoms. The number of hydrogen-bond acceptors (Lipinski definition) is 3. The van der Waals surface area contributed by atoms with E-state index in [2.05, 4.69) is 112 Å². The lowest BCUT2D eigenvalue weighted by atomic mass is 9.95. The molecule has 0 unspecified atom stereocenters.